The second-order valence-electron chi connectivity index (χ2n) is 6.42. The van der Waals surface area contributed by atoms with E-state index in [-0.39, 0.29) is 33.8 Å². The summed E-state index contributed by atoms with van der Waals surface area (Å²) in [6.07, 6.45) is -7.41. The number of carbonyl (C=O) groups excluding carboxylic acids is 1. The molecule has 15 heteroatoms. The molecule has 2 rings (SSSR count). The number of hydrazine groups is 1. The molecule has 0 fully saturated rings. The fourth-order valence-corrected chi connectivity index (χ4v) is 4.14. The summed E-state index contributed by atoms with van der Waals surface area (Å²) >= 11 is 0.803. The maximum atomic E-state index is 12.9. The number of ether oxygens (including phenoxy) is 1. The van der Waals surface area contributed by atoms with Crippen molar-refractivity contribution in [2.24, 2.45) is 5.73 Å². The van der Waals surface area contributed by atoms with Gasteiger partial charge in [-0.1, -0.05) is 0 Å². The van der Waals surface area contributed by atoms with Crippen molar-refractivity contribution in [2.75, 3.05) is 13.7 Å². The Bertz CT molecular complexity index is 1110. The Balaban J connectivity index is 2.69. The van der Waals surface area contributed by atoms with Crippen LogP contribution < -0.4 is 22.4 Å². The molecular formula is C16H20F3N5O6S. The molecule has 3 amide bonds. The van der Waals surface area contributed by atoms with E-state index in [0.29, 0.717) is 5.01 Å². The van der Waals surface area contributed by atoms with E-state index in [1.807, 2.05) is 0 Å². The number of aromatic nitrogens is 2. The maximum absolute atomic E-state index is 12.9. The van der Waals surface area contributed by atoms with Gasteiger partial charge in [-0.25, -0.2) is 24.8 Å². The smallest absolute Gasteiger partial charge is 0.423 e. The van der Waals surface area contributed by atoms with Gasteiger partial charge in [0.1, 0.15) is 4.83 Å². The van der Waals surface area contributed by atoms with Crippen molar-refractivity contribution in [3.63, 3.8) is 0 Å². The monoisotopic (exact) mass is 467 g/mol. The third kappa shape index (κ3) is 5.55. The molecule has 0 bridgehead atoms. The van der Waals surface area contributed by atoms with Gasteiger partial charge >= 0.3 is 24.0 Å². The van der Waals surface area contributed by atoms with E-state index < -0.39 is 49.1 Å². The number of hydrogen-bond donors (Lipinski definition) is 3. The van der Waals surface area contributed by atoms with Gasteiger partial charge in [0.2, 0.25) is 0 Å². The minimum Gasteiger partial charge on any atom is -0.464 e. The molecule has 0 aliphatic carbocycles. The van der Waals surface area contributed by atoms with Gasteiger partial charge < -0.3 is 15.6 Å². The van der Waals surface area contributed by atoms with Gasteiger partial charge in [0, 0.05) is 18.5 Å². The number of nitrogens with two attached hydrogens (primary N) is 1. The topological polar surface area (TPSA) is 149 Å². The van der Waals surface area contributed by atoms with Crippen molar-refractivity contribution in [3.05, 3.63) is 31.3 Å². The Morgan fingerprint density at radius 2 is 1.90 bits per heavy atom. The molecule has 11 nitrogen and oxygen atoms in total. The number of urea groups is 1. The first-order valence-electron chi connectivity index (χ1n) is 8.75. The van der Waals surface area contributed by atoms with Crippen LogP contribution in [0.15, 0.2) is 9.59 Å². The molecular weight excluding hydrogens is 447 g/mol. The molecule has 31 heavy (non-hydrogen) atoms. The van der Waals surface area contributed by atoms with Crippen LogP contribution in [0.4, 0.5) is 22.8 Å². The number of thiophene rings is 1. The second-order valence-corrected chi connectivity index (χ2v) is 7.50. The highest BCUT2D eigenvalue weighted by atomic mass is 32.1. The van der Waals surface area contributed by atoms with Crippen molar-refractivity contribution >= 4 is 33.7 Å². The third-order valence-corrected chi connectivity index (χ3v) is 5.63. The number of halogens is 3. The van der Waals surface area contributed by atoms with E-state index in [1.54, 1.807) is 5.43 Å². The van der Waals surface area contributed by atoms with Gasteiger partial charge in [-0.3, -0.25) is 13.9 Å². The Labute approximate surface area is 176 Å². The van der Waals surface area contributed by atoms with Gasteiger partial charge in [-0.05, 0) is 12.5 Å². The maximum Gasteiger partial charge on any atom is 0.423 e. The van der Waals surface area contributed by atoms with Crippen LogP contribution in [0.1, 0.15) is 16.9 Å². The first kappa shape index (κ1) is 24.2. The summed E-state index contributed by atoms with van der Waals surface area (Å²) in [6, 6.07) is -1.13. The van der Waals surface area contributed by atoms with Gasteiger partial charge in [-0.15, -0.1) is 11.3 Å². The average Bonchev–Trinajstić information content (AvgIpc) is 2.96. The van der Waals surface area contributed by atoms with Crippen molar-refractivity contribution in [2.45, 2.75) is 39.2 Å². The number of alkyl halides is 3. The van der Waals surface area contributed by atoms with Crippen molar-refractivity contribution < 1.29 is 32.6 Å². The van der Waals surface area contributed by atoms with Crippen LogP contribution in [0.25, 0.3) is 10.2 Å². The molecule has 2 aromatic rings. The number of methoxy groups -OCH3 is 1. The summed E-state index contributed by atoms with van der Waals surface area (Å²) in [4.78, 5) is 48.3. The summed E-state index contributed by atoms with van der Waals surface area (Å²) in [5.41, 5.74) is 5.56. The Morgan fingerprint density at radius 1 is 1.26 bits per heavy atom. The van der Waals surface area contributed by atoms with Crippen molar-refractivity contribution in [1.82, 2.24) is 19.6 Å². The molecule has 2 aromatic heterocycles. The number of carbonyl (C=O) groups is 2. The first-order valence-corrected chi connectivity index (χ1v) is 9.56. The van der Waals surface area contributed by atoms with Crippen molar-refractivity contribution in [1.29, 1.82) is 0 Å². The molecule has 0 atom stereocenters. The molecule has 0 saturated heterocycles. The average molecular weight is 467 g/mol. The summed E-state index contributed by atoms with van der Waals surface area (Å²) in [6.45, 7) is 0.174. The molecule has 0 aromatic carbocycles. The van der Waals surface area contributed by atoms with Gasteiger partial charge in [0.25, 0.3) is 5.56 Å². The highest BCUT2D eigenvalue weighted by molar-refractivity contribution is 7.18. The van der Waals surface area contributed by atoms with E-state index in [1.165, 1.54) is 14.0 Å². The zero-order valence-corrected chi connectivity index (χ0v) is 17.3. The van der Waals surface area contributed by atoms with Gasteiger partial charge in [-0.2, -0.15) is 13.2 Å². The van der Waals surface area contributed by atoms with Crippen LogP contribution in [0.5, 0.6) is 0 Å². The molecule has 2 heterocycles. The van der Waals surface area contributed by atoms with Crippen LogP contribution in [-0.2, 0) is 24.4 Å². The minimum absolute atomic E-state index is 0.00220. The second kappa shape index (κ2) is 9.38. The zero-order chi connectivity index (χ0) is 23.5. The first-order chi connectivity index (χ1) is 14.4. The van der Waals surface area contributed by atoms with Gasteiger partial charge in [0.15, 0.2) is 0 Å². The van der Waals surface area contributed by atoms with Gasteiger partial charge in [0.05, 0.1) is 31.5 Å². The molecule has 0 saturated carbocycles. The van der Waals surface area contributed by atoms with Crippen LogP contribution in [0.2, 0.25) is 0 Å². The minimum atomic E-state index is -4.54. The third-order valence-electron chi connectivity index (χ3n) is 4.33. The number of rotatable bonds is 7. The number of nitrogens with one attached hydrogen (secondary N) is 1. The highest BCUT2D eigenvalue weighted by Gasteiger charge is 2.29. The number of fused-ring (bicyclic) bond motifs is 1. The van der Waals surface area contributed by atoms with E-state index in [9.17, 15) is 32.3 Å². The van der Waals surface area contributed by atoms with E-state index in [4.69, 9.17) is 15.6 Å². The fraction of sp³-hybridized carbons (Fsp3) is 0.500. The van der Waals surface area contributed by atoms with Crippen LogP contribution >= 0.6 is 11.3 Å². The number of carboxylic acid groups (broad SMARTS) is 1. The number of nitrogens with zero attached hydrogens (tertiary/aromatic N) is 3. The molecule has 0 radical (unpaired) electrons. The zero-order valence-electron chi connectivity index (χ0n) is 16.5. The lowest BCUT2D eigenvalue weighted by Gasteiger charge is -2.18. The SMILES string of the molecule is COCCn1c(=O)c2c(C)c(CN(NC(=O)O)C(N)=O)sc2n(CCC(F)(F)F)c1=O. The predicted molar refractivity (Wildman–Crippen MR) is 104 cm³/mol. The molecule has 0 aliphatic heterocycles. The lowest BCUT2D eigenvalue weighted by molar-refractivity contribution is -0.136. The number of amides is 3. The Kier molecular flexibility index (Phi) is 7.32. The quantitative estimate of drug-likeness (QED) is 0.521. The number of aryl methyl sites for hydroxylation is 2. The van der Waals surface area contributed by atoms with Crippen molar-refractivity contribution in [3.8, 4) is 0 Å². The summed E-state index contributed by atoms with van der Waals surface area (Å²) in [5.74, 6) is 0. The molecule has 172 valence electrons. The van der Waals surface area contributed by atoms with E-state index >= 15 is 0 Å². The predicted octanol–water partition coefficient (Wildman–Crippen LogP) is 1.20. The lowest BCUT2D eigenvalue weighted by Crippen LogP contribution is -2.47. The highest BCUT2D eigenvalue weighted by Crippen LogP contribution is 2.30. The molecule has 0 aliphatic rings. The summed E-state index contributed by atoms with van der Waals surface area (Å²) < 4.78 is 44.9. The molecule has 0 spiro atoms. The van der Waals surface area contributed by atoms with Crippen LogP contribution in [-0.4, -0.2) is 51.3 Å². The van der Waals surface area contributed by atoms with Crippen LogP contribution in [0, 0.1) is 6.92 Å². The molecule has 4 N–H and O–H groups in total. The number of hydrogen-bond acceptors (Lipinski definition) is 6. The molecule has 0 unspecified atom stereocenters. The fourth-order valence-electron chi connectivity index (χ4n) is 2.84. The largest absolute Gasteiger partial charge is 0.464 e. The standard InChI is InChI=1S/C16H20F3N5O6S/c1-8-9(7-24(13(20)26)21-14(27)28)31-12-10(8)11(25)22(5-6-30-2)15(29)23(12)4-3-16(17,18)19/h21H,3-7H2,1-2H3,(H2,20,26)(H,27,28). The normalized spacial score (nSPS) is 11.6. The lowest BCUT2D eigenvalue weighted by atomic mass is 10.2. The summed E-state index contributed by atoms with van der Waals surface area (Å²) in [7, 11) is 1.34. The number of primary amides is 1. The van der Waals surface area contributed by atoms with E-state index in [2.05, 4.69) is 0 Å². The Hall–Kier alpha value is -3.07. The van der Waals surface area contributed by atoms with E-state index in [0.717, 1.165) is 20.5 Å². The Morgan fingerprint density at radius 3 is 2.42 bits per heavy atom. The summed E-state index contributed by atoms with van der Waals surface area (Å²) in [5, 5.41) is 9.39. The van der Waals surface area contributed by atoms with Crippen LogP contribution in [0.3, 0.4) is 0 Å².